The van der Waals surface area contributed by atoms with E-state index in [0.717, 1.165) is 11.1 Å². The van der Waals surface area contributed by atoms with Gasteiger partial charge in [-0.3, -0.25) is 4.79 Å². The summed E-state index contributed by atoms with van der Waals surface area (Å²) in [7, 11) is -3.47. The lowest BCUT2D eigenvalue weighted by Crippen LogP contribution is -2.73. The number of nitrogens with zero attached hydrogens (tertiary/aromatic N) is 2. The molecule has 2 aromatic carbocycles. The van der Waals surface area contributed by atoms with Crippen LogP contribution in [0.4, 0.5) is 4.39 Å². The minimum absolute atomic E-state index is 0.0571. The molecule has 0 bridgehead atoms. The molecule has 0 spiro atoms. The Hall–Kier alpha value is -2.29. The number of aliphatic hydroxyl groups is 1. The first kappa shape index (κ1) is 20.0. The van der Waals surface area contributed by atoms with E-state index < -0.39 is 10.0 Å². The molecule has 2 aliphatic rings. The van der Waals surface area contributed by atoms with Crippen molar-refractivity contribution in [3.8, 4) is 11.1 Å². The minimum atomic E-state index is -3.47. The predicted molar refractivity (Wildman–Crippen MR) is 107 cm³/mol. The summed E-state index contributed by atoms with van der Waals surface area (Å²) >= 11 is 0. The molecule has 8 heteroatoms. The topological polar surface area (TPSA) is 77.9 Å². The van der Waals surface area contributed by atoms with Gasteiger partial charge in [-0.15, -0.1) is 0 Å². The molecule has 2 aliphatic heterocycles. The highest BCUT2D eigenvalue weighted by molar-refractivity contribution is 7.89. The quantitative estimate of drug-likeness (QED) is 0.804. The molecule has 4 rings (SSSR count). The third kappa shape index (κ3) is 3.35. The number of halogens is 1. The highest BCUT2D eigenvalue weighted by Gasteiger charge is 2.55. The van der Waals surface area contributed by atoms with Crippen molar-refractivity contribution in [2.45, 2.75) is 24.9 Å². The van der Waals surface area contributed by atoms with Crippen LogP contribution in [-0.2, 0) is 14.8 Å². The van der Waals surface area contributed by atoms with Gasteiger partial charge in [0.05, 0.1) is 31.0 Å². The third-order valence-electron chi connectivity index (χ3n) is 5.96. The van der Waals surface area contributed by atoms with Crippen LogP contribution in [0.15, 0.2) is 48.5 Å². The lowest BCUT2D eigenvalue weighted by Gasteiger charge is -2.58. The van der Waals surface area contributed by atoms with Crippen LogP contribution < -0.4 is 0 Å². The van der Waals surface area contributed by atoms with Crippen molar-refractivity contribution < 1.29 is 22.7 Å². The van der Waals surface area contributed by atoms with E-state index in [4.69, 9.17) is 0 Å². The Morgan fingerprint density at radius 1 is 1.14 bits per heavy atom. The van der Waals surface area contributed by atoms with E-state index in [2.05, 4.69) is 0 Å². The summed E-state index contributed by atoms with van der Waals surface area (Å²) < 4.78 is 39.8. The first-order valence-corrected chi connectivity index (χ1v) is 11.2. The average Bonchev–Trinajstić information content (AvgIpc) is 2.70. The molecule has 0 saturated carbocycles. The van der Waals surface area contributed by atoms with Gasteiger partial charge in [0.2, 0.25) is 15.9 Å². The van der Waals surface area contributed by atoms with Crippen LogP contribution in [0.2, 0.25) is 0 Å². The second-order valence-corrected chi connectivity index (χ2v) is 9.70. The van der Waals surface area contributed by atoms with Crippen molar-refractivity contribution in [2.75, 3.05) is 25.4 Å². The summed E-state index contributed by atoms with van der Waals surface area (Å²) in [6.07, 6.45) is 0. The SMILES string of the molecule is CCS(=O)(=O)N1CC(=O)N2[C@H](CO)[C@@H](c3ccc(-c4ccccc4F)cc3)[C@@H]2C1. The zero-order valence-electron chi connectivity index (χ0n) is 16.0. The van der Waals surface area contributed by atoms with Gasteiger partial charge in [-0.25, -0.2) is 12.8 Å². The van der Waals surface area contributed by atoms with Gasteiger partial charge in [0.25, 0.3) is 0 Å². The zero-order chi connectivity index (χ0) is 20.8. The van der Waals surface area contributed by atoms with Gasteiger partial charge in [0.1, 0.15) is 5.82 Å². The van der Waals surface area contributed by atoms with Gasteiger partial charge in [-0.05, 0) is 24.1 Å². The molecule has 0 aromatic heterocycles. The lowest BCUT2D eigenvalue weighted by molar-refractivity contribution is -0.158. The standard InChI is InChI=1S/C21H23FN2O4S/c1-2-29(27,28)23-11-18-21(19(13-25)24(18)20(26)12-23)15-9-7-14(8-10-15)16-5-3-4-6-17(16)22/h3-10,18-19,21,25H,2,11-13H2,1H3/t18-,19+,21-/m0/s1. The van der Waals surface area contributed by atoms with E-state index in [-0.39, 0.29) is 55.2 Å². The molecular formula is C21H23FN2O4S. The van der Waals surface area contributed by atoms with Crippen LogP contribution in [0.1, 0.15) is 18.4 Å². The summed E-state index contributed by atoms with van der Waals surface area (Å²) in [6.45, 7) is 1.41. The Morgan fingerprint density at radius 3 is 2.45 bits per heavy atom. The van der Waals surface area contributed by atoms with Crippen LogP contribution in [0.5, 0.6) is 0 Å². The Morgan fingerprint density at radius 2 is 1.83 bits per heavy atom. The Labute approximate surface area is 169 Å². The average molecular weight is 418 g/mol. The third-order valence-corrected chi connectivity index (χ3v) is 7.75. The van der Waals surface area contributed by atoms with Crippen molar-refractivity contribution >= 4 is 15.9 Å². The number of amides is 1. The Kier molecular flexibility index (Phi) is 5.18. The van der Waals surface area contributed by atoms with E-state index in [1.807, 2.05) is 24.3 Å². The molecule has 2 heterocycles. The highest BCUT2D eigenvalue weighted by atomic mass is 32.2. The number of aliphatic hydroxyl groups excluding tert-OH is 1. The molecule has 2 aromatic rings. The van der Waals surface area contributed by atoms with E-state index in [1.165, 1.54) is 10.4 Å². The highest BCUT2D eigenvalue weighted by Crippen LogP contribution is 2.43. The summed E-state index contributed by atoms with van der Waals surface area (Å²) in [5.74, 6) is -0.815. The van der Waals surface area contributed by atoms with Crippen LogP contribution in [0, 0.1) is 5.82 Å². The molecular weight excluding hydrogens is 395 g/mol. The molecule has 0 aliphatic carbocycles. The van der Waals surface area contributed by atoms with E-state index in [0.29, 0.717) is 5.56 Å². The molecule has 6 nitrogen and oxygen atoms in total. The maximum absolute atomic E-state index is 14.0. The van der Waals surface area contributed by atoms with Gasteiger partial charge >= 0.3 is 0 Å². The molecule has 1 N–H and O–H groups in total. The fourth-order valence-corrected chi connectivity index (χ4v) is 5.50. The van der Waals surface area contributed by atoms with Gasteiger partial charge in [0, 0.05) is 18.0 Å². The lowest BCUT2D eigenvalue weighted by atomic mass is 9.74. The molecule has 29 heavy (non-hydrogen) atoms. The second kappa shape index (κ2) is 7.51. The van der Waals surface area contributed by atoms with E-state index in [1.54, 1.807) is 30.0 Å². The monoisotopic (exact) mass is 418 g/mol. The predicted octanol–water partition coefficient (Wildman–Crippen LogP) is 1.81. The maximum atomic E-state index is 14.0. The van der Waals surface area contributed by atoms with Crippen molar-refractivity contribution in [3.63, 3.8) is 0 Å². The van der Waals surface area contributed by atoms with Gasteiger partial charge < -0.3 is 10.0 Å². The van der Waals surface area contributed by atoms with Gasteiger partial charge in [0.15, 0.2) is 0 Å². The number of hydrogen-bond donors (Lipinski definition) is 1. The summed E-state index contributed by atoms with van der Waals surface area (Å²) in [6, 6.07) is 13.2. The van der Waals surface area contributed by atoms with Crippen molar-refractivity contribution in [2.24, 2.45) is 0 Å². The molecule has 0 unspecified atom stereocenters. The number of benzene rings is 2. The number of hydrogen-bond acceptors (Lipinski definition) is 4. The fourth-order valence-electron chi connectivity index (χ4n) is 4.44. The first-order chi connectivity index (χ1) is 13.9. The minimum Gasteiger partial charge on any atom is -0.394 e. The Balaban J connectivity index is 1.62. The van der Waals surface area contributed by atoms with E-state index >= 15 is 0 Å². The van der Waals surface area contributed by atoms with Crippen LogP contribution >= 0.6 is 0 Å². The van der Waals surface area contributed by atoms with E-state index in [9.17, 15) is 22.7 Å². The first-order valence-electron chi connectivity index (χ1n) is 9.62. The molecule has 2 saturated heterocycles. The summed E-state index contributed by atoms with van der Waals surface area (Å²) in [5.41, 5.74) is 2.13. The van der Waals surface area contributed by atoms with Gasteiger partial charge in [-0.1, -0.05) is 42.5 Å². The van der Waals surface area contributed by atoms with Crippen LogP contribution in [0.3, 0.4) is 0 Å². The summed E-state index contributed by atoms with van der Waals surface area (Å²) in [4.78, 5) is 14.1. The maximum Gasteiger partial charge on any atom is 0.238 e. The number of carbonyl (C=O) groups excluding carboxylic acids is 1. The molecule has 0 radical (unpaired) electrons. The largest absolute Gasteiger partial charge is 0.394 e. The number of sulfonamides is 1. The number of piperazine rings is 1. The van der Waals surface area contributed by atoms with Gasteiger partial charge in [-0.2, -0.15) is 4.31 Å². The summed E-state index contributed by atoms with van der Waals surface area (Å²) in [5, 5.41) is 9.84. The number of fused-ring (bicyclic) bond motifs is 1. The number of carbonyl (C=O) groups is 1. The molecule has 3 atom stereocenters. The van der Waals surface area contributed by atoms with Crippen LogP contribution in [-0.4, -0.2) is 66.2 Å². The zero-order valence-corrected chi connectivity index (χ0v) is 16.8. The smallest absolute Gasteiger partial charge is 0.238 e. The van der Waals surface area contributed by atoms with Crippen molar-refractivity contribution in [1.29, 1.82) is 0 Å². The second-order valence-electron chi connectivity index (χ2n) is 7.44. The molecule has 2 fully saturated rings. The normalized spacial score (nSPS) is 24.9. The number of rotatable bonds is 5. The Bertz CT molecular complexity index is 1030. The van der Waals surface area contributed by atoms with Crippen LogP contribution in [0.25, 0.3) is 11.1 Å². The molecule has 154 valence electrons. The van der Waals surface area contributed by atoms with Crippen molar-refractivity contribution in [1.82, 2.24) is 9.21 Å². The van der Waals surface area contributed by atoms with Crippen molar-refractivity contribution in [3.05, 3.63) is 59.9 Å². The molecule has 1 amide bonds. The fraction of sp³-hybridized carbons (Fsp3) is 0.381.